The van der Waals surface area contributed by atoms with E-state index in [0.29, 0.717) is 10.2 Å². The Kier molecular flexibility index (Phi) is 3.70. The first-order valence-electron chi connectivity index (χ1n) is 5.54. The Morgan fingerprint density at radius 1 is 1.19 bits per heavy atom. The monoisotopic (exact) mass is 302 g/mol. The van der Waals surface area contributed by atoms with Gasteiger partial charge < -0.3 is 0 Å². The van der Waals surface area contributed by atoms with Crippen LogP contribution in [0.3, 0.4) is 0 Å². The van der Waals surface area contributed by atoms with Gasteiger partial charge in [0.25, 0.3) is 0 Å². The summed E-state index contributed by atoms with van der Waals surface area (Å²) in [5, 5.41) is 0.433. The fourth-order valence-electron chi connectivity index (χ4n) is 2.27. The van der Waals surface area contributed by atoms with E-state index < -0.39 is 9.84 Å². The zero-order chi connectivity index (χ0) is 11.6. The molecule has 0 N–H and O–H groups in total. The summed E-state index contributed by atoms with van der Waals surface area (Å²) in [5.41, 5.74) is 0.870. The maximum atomic E-state index is 12.4. The topological polar surface area (TPSA) is 34.1 Å². The highest BCUT2D eigenvalue weighted by molar-refractivity contribution is 9.08. The fraction of sp³-hybridized carbons (Fsp3) is 0.500. The van der Waals surface area contributed by atoms with Gasteiger partial charge in [-0.2, -0.15) is 0 Å². The predicted octanol–water partition coefficient (Wildman–Crippen LogP) is 3.30. The molecule has 2 rings (SSSR count). The molecule has 1 aliphatic carbocycles. The Bertz CT molecular complexity index is 462. The molecule has 0 unspecified atom stereocenters. The standard InChI is InChI=1S/C12H15BrO2S/c13-9-10-5-1-4-8-12(10)16(14,15)11-6-2-3-7-11/h1,4-5,8,11H,2-3,6-7,9H2. The first-order valence-corrected chi connectivity index (χ1v) is 8.21. The summed E-state index contributed by atoms with van der Waals surface area (Å²) in [5.74, 6) is 0. The van der Waals surface area contributed by atoms with Gasteiger partial charge in [0.15, 0.2) is 9.84 Å². The third-order valence-corrected chi connectivity index (χ3v) is 6.13. The Labute approximate surface area is 105 Å². The summed E-state index contributed by atoms with van der Waals surface area (Å²) >= 11 is 3.34. The van der Waals surface area contributed by atoms with Gasteiger partial charge in [-0.1, -0.05) is 47.0 Å². The molecule has 1 aromatic carbocycles. The molecule has 0 atom stereocenters. The third kappa shape index (κ3) is 2.18. The van der Waals surface area contributed by atoms with E-state index in [4.69, 9.17) is 0 Å². The predicted molar refractivity (Wildman–Crippen MR) is 68.5 cm³/mol. The summed E-state index contributed by atoms with van der Waals surface area (Å²) in [6.07, 6.45) is 3.72. The molecule has 2 nitrogen and oxygen atoms in total. The lowest BCUT2D eigenvalue weighted by Crippen LogP contribution is -2.19. The van der Waals surface area contributed by atoms with E-state index in [1.807, 2.05) is 12.1 Å². The number of sulfone groups is 1. The minimum Gasteiger partial charge on any atom is -0.223 e. The molecule has 16 heavy (non-hydrogen) atoms. The molecule has 0 radical (unpaired) electrons. The van der Waals surface area contributed by atoms with Crippen molar-refractivity contribution in [2.45, 2.75) is 41.2 Å². The molecule has 88 valence electrons. The summed E-state index contributed by atoms with van der Waals surface area (Å²) in [7, 11) is -3.11. The normalized spacial score (nSPS) is 17.8. The van der Waals surface area contributed by atoms with Crippen molar-refractivity contribution in [1.82, 2.24) is 0 Å². The van der Waals surface area contributed by atoms with Crippen LogP contribution in [0.5, 0.6) is 0 Å². The fourth-order valence-corrected chi connectivity index (χ4v) is 5.03. The largest absolute Gasteiger partial charge is 0.223 e. The van der Waals surface area contributed by atoms with Gasteiger partial charge in [-0.15, -0.1) is 0 Å². The number of hydrogen-bond acceptors (Lipinski definition) is 2. The van der Waals surface area contributed by atoms with Crippen molar-refractivity contribution < 1.29 is 8.42 Å². The lowest BCUT2D eigenvalue weighted by Gasteiger charge is -2.13. The van der Waals surface area contributed by atoms with Crippen LogP contribution >= 0.6 is 15.9 Å². The molecule has 0 saturated heterocycles. The van der Waals surface area contributed by atoms with E-state index in [2.05, 4.69) is 15.9 Å². The summed E-state index contributed by atoms with van der Waals surface area (Å²) in [6, 6.07) is 7.28. The minimum absolute atomic E-state index is 0.160. The lowest BCUT2D eigenvalue weighted by atomic mass is 10.2. The molecule has 4 heteroatoms. The Hall–Kier alpha value is -0.350. The first kappa shape index (κ1) is 12.1. The van der Waals surface area contributed by atoms with E-state index in [1.165, 1.54) is 0 Å². The van der Waals surface area contributed by atoms with Gasteiger partial charge in [0.05, 0.1) is 10.1 Å². The Morgan fingerprint density at radius 3 is 2.44 bits per heavy atom. The van der Waals surface area contributed by atoms with Gasteiger partial charge in [0.1, 0.15) is 0 Å². The molecule has 0 aromatic heterocycles. The smallest absolute Gasteiger partial charge is 0.181 e. The second kappa shape index (κ2) is 4.88. The molecule has 1 saturated carbocycles. The number of rotatable bonds is 3. The SMILES string of the molecule is O=S(=O)(c1ccccc1CBr)C1CCCC1. The van der Waals surface area contributed by atoms with Crippen LogP contribution in [-0.4, -0.2) is 13.7 Å². The van der Waals surface area contributed by atoms with Gasteiger partial charge in [-0.05, 0) is 24.5 Å². The maximum absolute atomic E-state index is 12.4. The lowest BCUT2D eigenvalue weighted by molar-refractivity contribution is 0.579. The second-order valence-electron chi connectivity index (χ2n) is 4.19. The van der Waals surface area contributed by atoms with E-state index in [0.717, 1.165) is 31.2 Å². The van der Waals surface area contributed by atoms with Crippen molar-refractivity contribution >= 4 is 25.8 Å². The average molecular weight is 303 g/mol. The second-order valence-corrected chi connectivity index (χ2v) is 6.95. The van der Waals surface area contributed by atoms with Crippen molar-refractivity contribution in [3.05, 3.63) is 29.8 Å². The molecule has 0 spiro atoms. The van der Waals surface area contributed by atoms with Gasteiger partial charge in [0, 0.05) is 5.33 Å². The maximum Gasteiger partial charge on any atom is 0.181 e. The summed E-state index contributed by atoms with van der Waals surface area (Å²) < 4.78 is 24.8. The zero-order valence-corrected chi connectivity index (χ0v) is 11.4. The highest BCUT2D eigenvalue weighted by Gasteiger charge is 2.31. The molecule has 0 bridgehead atoms. The zero-order valence-electron chi connectivity index (χ0n) is 9.02. The Morgan fingerprint density at radius 2 is 1.81 bits per heavy atom. The molecule has 1 aromatic rings. The van der Waals surface area contributed by atoms with E-state index in [9.17, 15) is 8.42 Å². The van der Waals surface area contributed by atoms with Crippen LogP contribution < -0.4 is 0 Å². The van der Waals surface area contributed by atoms with Crippen LogP contribution in [0.2, 0.25) is 0 Å². The van der Waals surface area contributed by atoms with Crippen molar-refractivity contribution in [2.24, 2.45) is 0 Å². The van der Waals surface area contributed by atoms with Gasteiger partial charge >= 0.3 is 0 Å². The molecule has 1 fully saturated rings. The van der Waals surface area contributed by atoms with Crippen LogP contribution in [0.25, 0.3) is 0 Å². The van der Waals surface area contributed by atoms with Crippen molar-refractivity contribution in [3.8, 4) is 0 Å². The van der Waals surface area contributed by atoms with E-state index in [1.54, 1.807) is 12.1 Å². The number of benzene rings is 1. The molecule has 0 heterocycles. The minimum atomic E-state index is -3.11. The summed E-state index contributed by atoms with van der Waals surface area (Å²) in [4.78, 5) is 0.513. The number of alkyl halides is 1. The highest BCUT2D eigenvalue weighted by Crippen LogP contribution is 2.31. The quantitative estimate of drug-likeness (QED) is 0.803. The van der Waals surface area contributed by atoms with Crippen LogP contribution in [0, 0.1) is 0 Å². The van der Waals surface area contributed by atoms with Crippen molar-refractivity contribution in [1.29, 1.82) is 0 Å². The molecular weight excluding hydrogens is 288 g/mol. The summed E-state index contributed by atoms with van der Waals surface area (Å²) in [6.45, 7) is 0. The van der Waals surface area contributed by atoms with Crippen molar-refractivity contribution in [3.63, 3.8) is 0 Å². The number of halogens is 1. The highest BCUT2D eigenvalue weighted by atomic mass is 79.9. The number of hydrogen-bond donors (Lipinski definition) is 0. The molecule has 1 aliphatic rings. The van der Waals surface area contributed by atoms with E-state index in [-0.39, 0.29) is 5.25 Å². The van der Waals surface area contributed by atoms with Crippen LogP contribution in [0.15, 0.2) is 29.2 Å². The van der Waals surface area contributed by atoms with E-state index >= 15 is 0 Å². The first-order chi connectivity index (χ1) is 7.66. The Balaban J connectivity index is 2.42. The molecule has 0 amide bonds. The average Bonchev–Trinajstić information content (AvgIpc) is 2.83. The van der Waals surface area contributed by atoms with Crippen molar-refractivity contribution in [2.75, 3.05) is 0 Å². The van der Waals surface area contributed by atoms with Crippen LogP contribution in [0.1, 0.15) is 31.2 Å². The van der Waals surface area contributed by atoms with Gasteiger partial charge in [-0.25, -0.2) is 8.42 Å². The van der Waals surface area contributed by atoms with Gasteiger partial charge in [0.2, 0.25) is 0 Å². The third-order valence-electron chi connectivity index (χ3n) is 3.16. The van der Waals surface area contributed by atoms with Crippen LogP contribution in [-0.2, 0) is 15.2 Å². The molecular formula is C12H15BrO2S. The van der Waals surface area contributed by atoms with Gasteiger partial charge in [-0.3, -0.25) is 0 Å². The molecule has 0 aliphatic heterocycles. The van der Waals surface area contributed by atoms with Crippen LogP contribution in [0.4, 0.5) is 0 Å².